The molecule has 0 amide bonds. The first-order chi connectivity index (χ1) is 9.61. The van der Waals surface area contributed by atoms with Crippen LogP contribution in [0.5, 0.6) is 0 Å². The van der Waals surface area contributed by atoms with Crippen molar-refractivity contribution in [1.29, 1.82) is 0 Å². The van der Waals surface area contributed by atoms with Crippen LogP contribution in [0.25, 0.3) is 0 Å². The molecule has 0 saturated heterocycles. The van der Waals surface area contributed by atoms with Crippen LogP contribution in [-0.2, 0) is 0 Å². The van der Waals surface area contributed by atoms with Crippen LogP contribution in [0.2, 0.25) is 30.0 Å². The Hall–Kier alpha value is -0.171. The zero-order valence-electron chi connectivity index (χ0n) is 11.6. The average Bonchev–Trinajstić information content (AvgIpc) is 2.33. The molecule has 2 nitrogen and oxygen atoms in total. The van der Waals surface area contributed by atoms with E-state index in [1.165, 1.54) is 18.5 Å². The summed E-state index contributed by atoms with van der Waals surface area (Å²) in [6.07, 6.45) is 2.80. The van der Waals surface area contributed by atoms with Crippen molar-refractivity contribution >= 4 is 56.9 Å². The molecule has 2 rings (SSSR count). The molecule has 0 spiro atoms. The van der Waals surface area contributed by atoms with E-state index in [2.05, 4.69) is 24.8 Å². The summed E-state index contributed by atoms with van der Waals surface area (Å²) in [4.78, 5) is 13.8. The molecular formula is C13H13Cl3F2N2Sn. The normalized spacial score (nSPS) is 10.9. The Morgan fingerprint density at radius 2 is 1.33 bits per heavy atom. The first-order valence-corrected chi connectivity index (χ1v) is 17.0. The fraction of sp³-hybridized carbons (Fsp3) is 0.231. The molecule has 0 aromatic carbocycles. The molecule has 0 atom stereocenters. The molecule has 21 heavy (non-hydrogen) atoms. The van der Waals surface area contributed by atoms with Crippen molar-refractivity contribution in [3.05, 3.63) is 51.4 Å². The monoisotopic (exact) mass is 460 g/mol. The number of hydrogen-bond donors (Lipinski definition) is 0. The Morgan fingerprint density at radius 1 is 0.857 bits per heavy atom. The predicted molar refractivity (Wildman–Crippen MR) is 86.4 cm³/mol. The second-order valence-corrected chi connectivity index (χ2v) is 20.6. The Kier molecular flexibility index (Phi) is 7.10. The van der Waals surface area contributed by atoms with Crippen molar-refractivity contribution in [2.75, 3.05) is 0 Å². The van der Waals surface area contributed by atoms with Gasteiger partial charge in [0.1, 0.15) is 0 Å². The van der Waals surface area contributed by atoms with Gasteiger partial charge in [0, 0.05) is 6.20 Å². The molecule has 0 bridgehead atoms. The molecule has 0 N–H and O–H groups in total. The van der Waals surface area contributed by atoms with Crippen LogP contribution in [-0.4, -0.2) is 28.3 Å². The van der Waals surface area contributed by atoms with Gasteiger partial charge in [-0.3, -0.25) is 0 Å². The quantitative estimate of drug-likeness (QED) is 0.445. The molecule has 2 aromatic heterocycles. The zero-order chi connectivity index (χ0) is 16.2. The van der Waals surface area contributed by atoms with E-state index in [1.54, 1.807) is 0 Å². The van der Waals surface area contributed by atoms with Crippen LogP contribution in [0.1, 0.15) is 0 Å². The molecule has 0 radical (unpaired) electrons. The van der Waals surface area contributed by atoms with Gasteiger partial charge in [0.25, 0.3) is 0 Å². The third kappa shape index (κ3) is 6.22. The number of pyridine rings is 2. The molecule has 8 heteroatoms. The summed E-state index contributed by atoms with van der Waals surface area (Å²) in [6.45, 7) is 0. The standard InChI is InChI=1S/C5H2Cl2FN.C5H2ClFN.3CH3.Sn/c6-3-1-4(8)5(7)9-2-3;6-4-1-5(7)3-8-2-4;;;;/h1-2H;1-2H;3*1H3;. The minimum atomic E-state index is -2.35. The van der Waals surface area contributed by atoms with Crippen LogP contribution >= 0.6 is 34.8 Å². The number of rotatable bonds is 1. The van der Waals surface area contributed by atoms with E-state index >= 15 is 0 Å². The SMILES string of the molecule is Fc1cc(Cl)cnc1Cl.[CH3][Sn]([CH3])([CH3])[c]1ncc(Cl)cc1F. The van der Waals surface area contributed by atoms with Crippen molar-refractivity contribution in [3.63, 3.8) is 0 Å². The Morgan fingerprint density at radius 3 is 1.71 bits per heavy atom. The summed E-state index contributed by atoms with van der Waals surface area (Å²) in [6, 6.07) is 2.45. The van der Waals surface area contributed by atoms with Gasteiger partial charge < -0.3 is 0 Å². The van der Waals surface area contributed by atoms with Crippen molar-refractivity contribution < 1.29 is 8.78 Å². The molecule has 2 aromatic rings. The average molecular weight is 460 g/mol. The third-order valence-electron chi connectivity index (χ3n) is 2.28. The van der Waals surface area contributed by atoms with Crippen molar-refractivity contribution in [3.8, 4) is 0 Å². The van der Waals surface area contributed by atoms with Gasteiger partial charge in [0.2, 0.25) is 0 Å². The maximum absolute atomic E-state index is 13.3. The van der Waals surface area contributed by atoms with Gasteiger partial charge in [-0.1, -0.05) is 23.2 Å². The van der Waals surface area contributed by atoms with Crippen LogP contribution < -0.4 is 3.71 Å². The van der Waals surface area contributed by atoms with Gasteiger partial charge in [-0.25, -0.2) is 9.37 Å². The number of halogens is 5. The molecule has 2 heterocycles. The van der Waals surface area contributed by atoms with Gasteiger partial charge >= 0.3 is 81.0 Å². The summed E-state index contributed by atoms with van der Waals surface area (Å²) < 4.78 is 26.2. The molecule has 0 unspecified atom stereocenters. The second kappa shape index (κ2) is 7.90. The van der Waals surface area contributed by atoms with E-state index < -0.39 is 24.2 Å². The Balaban J connectivity index is 0.000000219. The summed E-state index contributed by atoms with van der Waals surface area (Å²) in [5, 5.41) is 0.461. The van der Waals surface area contributed by atoms with Crippen LogP contribution in [0.3, 0.4) is 0 Å². The van der Waals surface area contributed by atoms with E-state index in [1.807, 2.05) is 0 Å². The molecule has 0 fully saturated rings. The van der Waals surface area contributed by atoms with Crippen molar-refractivity contribution in [1.82, 2.24) is 9.97 Å². The van der Waals surface area contributed by atoms with Crippen molar-refractivity contribution in [2.24, 2.45) is 0 Å². The molecular weight excluding hydrogens is 447 g/mol. The summed E-state index contributed by atoms with van der Waals surface area (Å²) in [7, 11) is 0. The number of nitrogens with zero attached hydrogens (tertiary/aromatic N) is 2. The van der Waals surface area contributed by atoms with E-state index in [-0.39, 0.29) is 16.0 Å². The van der Waals surface area contributed by atoms with Crippen LogP contribution in [0.15, 0.2) is 24.5 Å². The van der Waals surface area contributed by atoms with E-state index in [9.17, 15) is 8.78 Å². The first kappa shape index (κ1) is 18.9. The fourth-order valence-corrected chi connectivity index (χ4v) is 5.30. The minimum absolute atomic E-state index is 0.153. The molecule has 0 aliphatic heterocycles. The molecule has 0 aliphatic carbocycles. The zero-order valence-corrected chi connectivity index (χ0v) is 16.7. The Labute approximate surface area is 141 Å². The molecule has 0 saturated carbocycles. The first-order valence-electron chi connectivity index (χ1n) is 5.89. The number of aromatic nitrogens is 2. The van der Waals surface area contributed by atoms with Gasteiger partial charge in [-0.2, -0.15) is 0 Å². The third-order valence-corrected chi connectivity index (χ3v) is 8.08. The topological polar surface area (TPSA) is 25.8 Å². The van der Waals surface area contributed by atoms with E-state index in [0.717, 1.165) is 6.07 Å². The van der Waals surface area contributed by atoms with Crippen molar-refractivity contribution in [2.45, 2.75) is 14.8 Å². The predicted octanol–water partition coefficient (Wildman–Crippen LogP) is 4.95. The number of hydrogen-bond acceptors (Lipinski definition) is 2. The Bertz CT molecular complexity index is 633. The molecule has 114 valence electrons. The van der Waals surface area contributed by atoms with Gasteiger partial charge in [0.05, 0.1) is 5.02 Å². The van der Waals surface area contributed by atoms with Crippen LogP contribution in [0.4, 0.5) is 8.78 Å². The summed E-state index contributed by atoms with van der Waals surface area (Å²) >= 11 is 13.8. The second-order valence-electron chi connectivity index (χ2n) is 5.16. The fourth-order valence-electron chi connectivity index (χ4n) is 1.36. The van der Waals surface area contributed by atoms with E-state index in [4.69, 9.17) is 34.8 Å². The summed E-state index contributed by atoms with van der Waals surface area (Å²) in [5.74, 6) is -0.838. The van der Waals surface area contributed by atoms with Crippen LogP contribution in [0, 0.1) is 11.6 Å². The van der Waals surface area contributed by atoms with E-state index in [0.29, 0.717) is 8.73 Å². The van der Waals surface area contributed by atoms with Gasteiger partial charge in [-0.15, -0.1) is 0 Å². The van der Waals surface area contributed by atoms with Gasteiger partial charge in [0.15, 0.2) is 11.0 Å². The van der Waals surface area contributed by atoms with Gasteiger partial charge in [-0.05, 0) is 6.07 Å². The molecule has 0 aliphatic rings. The summed E-state index contributed by atoms with van der Waals surface area (Å²) in [5.41, 5.74) is 0. The maximum atomic E-state index is 13.3.